The van der Waals surface area contributed by atoms with E-state index in [4.69, 9.17) is 11.6 Å². The lowest BCUT2D eigenvalue weighted by atomic mass is 10.1. The number of carbonyl (C=O) groups excluding carboxylic acids is 1. The molecule has 1 N–H and O–H groups in total. The monoisotopic (exact) mass is 402 g/mol. The minimum atomic E-state index is -0.104. The fourth-order valence-electron chi connectivity index (χ4n) is 2.95. The van der Waals surface area contributed by atoms with E-state index >= 15 is 0 Å². The second-order valence-electron chi connectivity index (χ2n) is 6.56. The molecule has 0 radical (unpaired) electrons. The molecule has 2 heterocycles. The van der Waals surface area contributed by atoms with Crippen molar-refractivity contribution in [1.82, 2.24) is 19.7 Å². The van der Waals surface area contributed by atoms with Gasteiger partial charge in [-0.25, -0.2) is 9.48 Å². The van der Waals surface area contributed by atoms with E-state index in [2.05, 4.69) is 10.4 Å². The van der Waals surface area contributed by atoms with E-state index in [0.717, 1.165) is 29.1 Å². The standard InChI is InChI=1S/C19H19ClN4O2S/c20-14-5-3-13(4-6-14)12-17(25)21-9-10-23-19(26)24(15-7-8-15)18(22-23)16-2-1-11-27-16/h1-6,11,15H,7-10,12H2,(H,21,25). The Labute approximate surface area is 165 Å². The summed E-state index contributed by atoms with van der Waals surface area (Å²) in [6.07, 6.45) is 2.31. The van der Waals surface area contributed by atoms with Crippen molar-refractivity contribution in [1.29, 1.82) is 0 Å². The van der Waals surface area contributed by atoms with Crippen molar-refractivity contribution in [3.8, 4) is 10.7 Å². The van der Waals surface area contributed by atoms with Crippen LogP contribution in [0.1, 0.15) is 24.4 Å². The van der Waals surface area contributed by atoms with Gasteiger partial charge in [0.05, 0.1) is 17.8 Å². The molecule has 1 saturated carbocycles. The molecule has 1 aliphatic carbocycles. The molecule has 4 rings (SSSR count). The fourth-order valence-corrected chi connectivity index (χ4v) is 3.78. The van der Waals surface area contributed by atoms with Gasteiger partial charge in [0.2, 0.25) is 5.91 Å². The number of halogens is 1. The molecule has 0 spiro atoms. The average molecular weight is 403 g/mol. The summed E-state index contributed by atoms with van der Waals surface area (Å²) >= 11 is 7.43. The molecule has 2 aromatic heterocycles. The third-order valence-corrected chi connectivity index (χ3v) is 5.57. The van der Waals surface area contributed by atoms with Gasteiger partial charge in [-0.15, -0.1) is 16.4 Å². The molecule has 3 aromatic rings. The molecular formula is C19H19ClN4O2S. The van der Waals surface area contributed by atoms with Crippen LogP contribution in [-0.4, -0.2) is 26.8 Å². The topological polar surface area (TPSA) is 68.9 Å². The molecule has 1 fully saturated rings. The Kier molecular flexibility index (Phi) is 5.13. The summed E-state index contributed by atoms with van der Waals surface area (Å²) in [5.74, 6) is 0.635. The third-order valence-electron chi connectivity index (χ3n) is 4.45. The van der Waals surface area contributed by atoms with Crippen molar-refractivity contribution >= 4 is 28.8 Å². The summed E-state index contributed by atoms with van der Waals surface area (Å²) < 4.78 is 3.25. The summed E-state index contributed by atoms with van der Waals surface area (Å²) in [7, 11) is 0. The van der Waals surface area contributed by atoms with Crippen LogP contribution in [0.4, 0.5) is 0 Å². The molecule has 8 heteroatoms. The zero-order chi connectivity index (χ0) is 18.8. The highest BCUT2D eigenvalue weighted by Gasteiger charge is 2.30. The number of benzene rings is 1. The summed E-state index contributed by atoms with van der Waals surface area (Å²) in [4.78, 5) is 25.8. The smallest absolute Gasteiger partial charge is 0.346 e. The van der Waals surface area contributed by atoms with Gasteiger partial charge < -0.3 is 5.32 Å². The molecule has 0 saturated heterocycles. The quantitative estimate of drug-likeness (QED) is 0.660. The number of rotatable bonds is 7. The van der Waals surface area contributed by atoms with Crippen molar-refractivity contribution in [2.75, 3.05) is 6.54 Å². The Bertz CT molecular complexity index is 988. The Morgan fingerprint density at radius 1 is 1.26 bits per heavy atom. The van der Waals surface area contributed by atoms with Gasteiger partial charge in [0, 0.05) is 17.6 Å². The van der Waals surface area contributed by atoms with Crippen molar-refractivity contribution in [2.24, 2.45) is 0 Å². The largest absolute Gasteiger partial charge is 0.354 e. The Morgan fingerprint density at radius 2 is 2.04 bits per heavy atom. The highest BCUT2D eigenvalue weighted by atomic mass is 35.5. The number of hydrogen-bond acceptors (Lipinski definition) is 4. The second kappa shape index (κ2) is 7.70. The fraction of sp³-hybridized carbons (Fsp3) is 0.316. The maximum Gasteiger partial charge on any atom is 0.346 e. The Balaban J connectivity index is 1.40. The van der Waals surface area contributed by atoms with Gasteiger partial charge in [-0.3, -0.25) is 9.36 Å². The van der Waals surface area contributed by atoms with Gasteiger partial charge >= 0.3 is 5.69 Å². The van der Waals surface area contributed by atoms with Gasteiger partial charge in [-0.1, -0.05) is 29.8 Å². The first-order valence-corrected chi connectivity index (χ1v) is 10.1. The van der Waals surface area contributed by atoms with Crippen LogP contribution >= 0.6 is 22.9 Å². The van der Waals surface area contributed by atoms with Gasteiger partial charge in [0.15, 0.2) is 5.82 Å². The summed E-state index contributed by atoms with van der Waals surface area (Å²) in [5.41, 5.74) is 0.792. The molecule has 27 heavy (non-hydrogen) atoms. The Morgan fingerprint density at radius 3 is 2.70 bits per heavy atom. The first kappa shape index (κ1) is 18.0. The number of hydrogen-bond donors (Lipinski definition) is 1. The minimum Gasteiger partial charge on any atom is -0.354 e. The van der Waals surface area contributed by atoms with Crippen LogP contribution in [-0.2, 0) is 17.8 Å². The van der Waals surface area contributed by atoms with E-state index in [1.165, 1.54) is 4.68 Å². The molecule has 1 aliphatic rings. The number of aromatic nitrogens is 3. The highest BCUT2D eigenvalue weighted by Crippen LogP contribution is 2.37. The highest BCUT2D eigenvalue weighted by molar-refractivity contribution is 7.13. The number of carbonyl (C=O) groups is 1. The van der Waals surface area contributed by atoms with Gasteiger partial charge in [0.1, 0.15) is 0 Å². The lowest BCUT2D eigenvalue weighted by Crippen LogP contribution is -2.32. The maximum absolute atomic E-state index is 12.7. The van der Waals surface area contributed by atoms with E-state index in [9.17, 15) is 9.59 Å². The number of nitrogens with zero attached hydrogens (tertiary/aromatic N) is 3. The minimum absolute atomic E-state index is 0.0922. The normalized spacial score (nSPS) is 13.7. The first-order chi connectivity index (χ1) is 13.1. The Hall–Kier alpha value is -2.38. The number of amides is 1. The van der Waals surface area contributed by atoms with E-state index in [0.29, 0.717) is 18.1 Å². The molecule has 6 nitrogen and oxygen atoms in total. The van der Waals surface area contributed by atoms with Crippen molar-refractivity contribution in [3.63, 3.8) is 0 Å². The summed E-state index contributed by atoms with van der Waals surface area (Å²) in [6, 6.07) is 11.4. The lowest BCUT2D eigenvalue weighted by Gasteiger charge is -2.05. The predicted octanol–water partition coefficient (Wildman–Crippen LogP) is 3.12. The maximum atomic E-state index is 12.7. The van der Waals surface area contributed by atoms with E-state index in [-0.39, 0.29) is 24.1 Å². The number of nitrogens with one attached hydrogen (secondary N) is 1. The van der Waals surface area contributed by atoms with Crippen molar-refractivity contribution in [2.45, 2.75) is 31.8 Å². The molecule has 0 bridgehead atoms. The molecule has 0 unspecified atom stereocenters. The SMILES string of the molecule is O=C(Cc1ccc(Cl)cc1)NCCn1nc(-c2cccs2)n(C2CC2)c1=O. The first-order valence-electron chi connectivity index (χ1n) is 8.86. The van der Waals surface area contributed by atoms with Crippen LogP contribution in [0.5, 0.6) is 0 Å². The van der Waals surface area contributed by atoms with Gasteiger partial charge in [0.25, 0.3) is 0 Å². The average Bonchev–Trinajstić information content (AvgIpc) is 3.22. The number of thiophene rings is 1. The van der Waals surface area contributed by atoms with Crippen molar-refractivity contribution < 1.29 is 4.79 Å². The van der Waals surface area contributed by atoms with Crippen LogP contribution in [0.3, 0.4) is 0 Å². The van der Waals surface area contributed by atoms with Crippen molar-refractivity contribution in [3.05, 3.63) is 62.8 Å². The zero-order valence-corrected chi connectivity index (χ0v) is 16.2. The summed E-state index contributed by atoms with van der Waals surface area (Å²) in [5, 5.41) is 9.99. The van der Waals surface area contributed by atoms with Gasteiger partial charge in [-0.2, -0.15) is 0 Å². The van der Waals surface area contributed by atoms with Crippen LogP contribution in [0, 0.1) is 0 Å². The lowest BCUT2D eigenvalue weighted by molar-refractivity contribution is -0.120. The van der Waals surface area contributed by atoms with Crippen LogP contribution in [0.25, 0.3) is 10.7 Å². The van der Waals surface area contributed by atoms with Gasteiger partial charge in [-0.05, 0) is 42.0 Å². The molecule has 140 valence electrons. The van der Waals surface area contributed by atoms with Crippen LogP contribution in [0.2, 0.25) is 5.02 Å². The molecule has 0 aliphatic heterocycles. The molecular weight excluding hydrogens is 384 g/mol. The molecule has 1 amide bonds. The van der Waals surface area contributed by atoms with Crippen LogP contribution in [0.15, 0.2) is 46.6 Å². The van der Waals surface area contributed by atoms with Crippen LogP contribution < -0.4 is 11.0 Å². The summed E-state index contributed by atoms with van der Waals surface area (Å²) in [6.45, 7) is 0.710. The molecule has 0 atom stereocenters. The zero-order valence-electron chi connectivity index (χ0n) is 14.6. The predicted molar refractivity (Wildman–Crippen MR) is 106 cm³/mol. The third kappa shape index (κ3) is 4.14. The van der Waals surface area contributed by atoms with E-state index in [1.807, 2.05) is 29.6 Å². The molecule has 1 aromatic carbocycles. The van der Waals surface area contributed by atoms with E-state index in [1.54, 1.807) is 28.0 Å². The van der Waals surface area contributed by atoms with E-state index < -0.39 is 0 Å². The second-order valence-corrected chi connectivity index (χ2v) is 7.95.